The van der Waals surface area contributed by atoms with Gasteiger partial charge in [0.05, 0.1) is 11.9 Å². The monoisotopic (exact) mass is 571 g/mol. The van der Waals surface area contributed by atoms with Crippen LogP contribution in [0.5, 0.6) is 5.75 Å². The smallest absolute Gasteiger partial charge is 0.272 e. The quantitative estimate of drug-likeness (QED) is 0.138. The molecule has 0 saturated heterocycles. The lowest BCUT2D eigenvalue weighted by Gasteiger charge is -2.14. The minimum absolute atomic E-state index is 0.123. The molecule has 0 aliphatic rings. The van der Waals surface area contributed by atoms with E-state index >= 15 is 0 Å². The van der Waals surface area contributed by atoms with Gasteiger partial charge in [0, 0.05) is 26.7 Å². The Morgan fingerprint density at radius 2 is 1.68 bits per heavy atom. The lowest BCUT2D eigenvalue weighted by atomic mass is 10.2. The molecule has 0 fully saturated rings. The van der Waals surface area contributed by atoms with E-state index in [-0.39, 0.29) is 17.5 Å². The van der Waals surface area contributed by atoms with Gasteiger partial charge in [0.15, 0.2) is 0 Å². The lowest BCUT2D eigenvalue weighted by Crippen LogP contribution is -2.30. The highest BCUT2D eigenvalue weighted by atomic mass is 32.2. The third-order valence-electron chi connectivity index (χ3n) is 5.57. The van der Waals surface area contributed by atoms with Crippen LogP contribution >= 0.6 is 23.1 Å². The van der Waals surface area contributed by atoms with Gasteiger partial charge in [-0.1, -0.05) is 30.3 Å². The molecule has 3 N–H and O–H groups in total. The predicted molar refractivity (Wildman–Crippen MR) is 163 cm³/mol. The minimum Gasteiger partial charge on any atom is -0.494 e. The summed E-state index contributed by atoms with van der Waals surface area (Å²) >= 11 is 2.83. The van der Waals surface area contributed by atoms with Crippen molar-refractivity contribution in [1.29, 1.82) is 0 Å². The van der Waals surface area contributed by atoms with Crippen LogP contribution in [0.15, 0.2) is 107 Å². The largest absolute Gasteiger partial charge is 0.494 e. The number of thioether (sulfide) groups is 1. The van der Waals surface area contributed by atoms with Crippen molar-refractivity contribution in [2.24, 2.45) is 0 Å². The second kappa shape index (κ2) is 14.2. The van der Waals surface area contributed by atoms with Gasteiger partial charge in [0.1, 0.15) is 11.4 Å². The molecule has 40 heavy (non-hydrogen) atoms. The van der Waals surface area contributed by atoms with Crippen molar-refractivity contribution in [3.05, 3.63) is 113 Å². The maximum Gasteiger partial charge on any atom is 0.272 e. The van der Waals surface area contributed by atoms with Crippen molar-refractivity contribution in [1.82, 2.24) is 5.32 Å². The molecule has 204 valence electrons. The highest BCUT2D eigenvalue weighted by molar-refractivity contribution is 8.00. The number of anilines is 2. The van der Waals surface area contributed by atoms with Gasteiger partial charge in [-0.3, -0.25) is 14.4 Å². The average molecular weight is 572 g/mol. The number of nitrogens with one attached hydrogen (secondary N) is 3. The summed E-state index contributed by atoms with van der Waals surface area (Å²) in [5.41, 5.74) is 1.80. The molecule has 0 radical (unpaired) electrons. The van der Waals surface area contributed by atoms with E-state index in [4.69, 9.17) is 4.74 Å². The van der Waals surface area contributed by atoms with Crippen molar-refractivity contribution in [3.63, 3.8) is 0 Å². The van der Waals surface area contributed by atoms with E-state index in [0.717, 1.165) is 15.5 Å². The number of carbonyl (C=O) groups is 3. The zero-order valence-electron chi connectivity index (χ0n) is 22.0. The molecule has 1 heterocycles. The van der Waals surface area contributed by atoms with Crippen LogP contribution in [0.1, 0.15) is 29.1 Å². The Morgan fingerprint density at radius 3 is 2.38 bits per heavy atom. The van der Waals surface area contributed by atoms with Crippen LogP contribution in [0.25, 0.3) is 6.08 Å². The third kappa shape index (κ3) is 8.33. The van der Waals surface area contributed by atoms with Crippen molar-refractivity contribution < 1.29 is 19.1 Å². The second-order valence-electron chi connectivity index (χ2n) is 8.58. The summed E-state index contributed by atoms with van der Waals surface area (Å²) in [6, 6.07) is 26.9. The van der Waals surface area contributed by atoms with Gasteiger partial charge in [-0.25, -0.2) is 0 Å². The predicted octanol–water partition coefficient (Wildman–Crippen LogP) is 6.68. The fraction of sp³-hybridized carbons (Fsp3) is 0.129. The number of thiophene rings is 1. The SMILES string of the molecule is CCOc1ccc(NC(=O)C(C)Sc2cccc(NC(=O)/C(=C/c3cccs3)NC(=O)c3ccccc3)c2)cc1. The molecule has 0 aliphatic heterocycles. The van der Waals surface area contributed by atoms with E-state index in [9.17, 15) is 14.4 Å². The van der Waals surface area contributed by atoms with E-state index < -0.39 is 11.2 Å². The zero-order valence-corrected chi connectivity index (χ0v) is 23.7. The molecule has 3 aromatic carbocycles. The van der Waals surface area contributed by atoms with Crippen LogP contribution in [-0.4, -0.2) is 29.6 Å². The van der Waals surface area contributed by atoms with Crippen LogP contribution in [0.4, 0.5) is 11.4 Å². The summed E-state index contributed by atoms with van der Waals surface area (Å²) < 4.78 is 5.44. The first-order valence-electron chi connectivity index (χ1n) is 12.6. The molecule has 0 bridgehead atoms. The van der Waals surface area contributed by atoms with E-state index in [2.05, 4.69) is 16.0 Å². The van der Waals surface area contributed by atoms with Gasteiger partial charge in [-0.05, 0) is 86.0 Å². The maximum absolute atomic E-state index is 13.2. The van der Waals surface area contributed by atoms with Gasteiger partial charge in [0.2, 0.25) is 5.91 Å². The minimum atomic E-state index is -0.457. The summed E-state index contributed by atoms with van der Waals surface area (Å²) in [5, 5.41) is 10.0. The van der Waals surface area contributed by atoms with Crippen LogP contribution in [0.2, 0.25) is 0 Å². The molecule has 4 rings (SSSR count). The van der Waals surface area contributed by atoms with E-state index in [0.29, 0.717) is 23.5 Å². The maximum atomic E-state index is 13.2. The number of hydrogen-bond acceptors (Lipinski definition) is 6. The van der Waals surface area contributed by atoms with Crippen molar-refractivity contribution in [2.45, 2.75) is 24.0 Å². The fourth-order valence-electron chi connectivity index (χ4n) is 3.61. The fourth-order valence-corrected chi connectivity index (χ4v) is 5.19. The molecule has 1 aromatic heterocycles. The molecule has 3 amide bonds. The number of ether oxygens (including phenoxy) is 1. The van der Waals surface area contributed by atoms with Gasteiger partial charge in [-0.2, -0.15) is 0 Å². The molecule has 7 nitrogen and oxygen atoms in total. The topological polar surface area (TPSA) is 96.5 Å². The van der Waals surface area contributed by atoms with Crippen molar-refractivity contribution in [3.8, 4) is 5.75 Å². The number of hydrogen-bond donors (Lipinski definition) is 3. The molecule has 0 aliphatic carbocycles. The van der Waals surface area contributed by atoms with Crippen LogP contribution in [0.3, 0.4) is 0 Å². The Hall–Kier alpha value is -4.34. The summed E-state index contributed by atoms with van der Waals surface area (Å²) in [5.74, 6) is -0.237. The van der Waals surface area contributed by atoms with E-state index in [1.807, 2.05) is 55.6 Å². The number of amides is 3. The standard InChI is InChI=1S/C31H29N3O4S2/c1-3-38-25-16-14-23(15-17-25)32-29(35)21(2)40-27-12-7-11-24(19-27)33-31(37)28(20-26-13-8-18-39-26)34-30(36)22-9-5-4-6-10-22/h4-21H,3H2,1-2H3,(H,32,35)(H,33,37)(H,34,36)/b28-20-. The van der Waals surface area contributed by atoms with Crippen molar-refractivity contribution in [2.75, 3.05) is 17.2 Å². The summed E-state index contributed by atoms with van der Waals surface area (Å²) in [6.45, 7) is 4.31. The second-order valence-corrected chi connectivity index (χ2v) is 11.0. The van der Waals surface area contributed by atoms with Crippen LogP contribution < -0.4 is 20.7 Å². The molecule has 9 heteroatoms. The Kier molecular flexibility index (Phi) is 10.1. The molecular weight excluding hydrogens is 542 g/mol. The average Bonchev–Trinajstić information content (AvgIpc) is 3.48. The number of rotatable bonds is 11. The van der Waals surface area contributed by atoms with Gasteiger partial charge in [0.25, 0.3) is 11.8 Å². The third-order valence-corrected chi connectivity index (χ3v) is 7.48. The normalized spacial score (nSPS) is 11.8. The zero-order chi connectivity index (χ0) is 28.3. The summed E-state index contributed by atoms with van der Waals surface area (Å²) in [7, 11) is 0. The Bertz CT molecular complexity index is 1470. The highest BCUT2D eigenvalue weighted by Crippen LogP contribution is 2.27. The Morgan fingerprint density at radius 1 is 0.900 bits per heavy atom. The summed E-state index contributed by atoms with van der Waals surface area (Å²) in [4.78, 5) is 40.4. The van der Waals surface area contributed by atoms with Gasteiger partial charge in [-0.15, -0.1) is 23.1 Å². The first kappa shape index (κ1) is 28.7. The molecule has 1 unspecified atom stereocenters. The van der Waals surface area contributed by atoms with Crippen LogP contribution in [-0.2, 0) is 9.59 Å². The van der Waals surface area contributed by atoms with E-state index in [1.165, 1.54) is 23.1 Å². The number of benzene rings is 3. The van der Waals surface area contributed by atoms with Gasteiger partial charge >= 0.3 is 0 Å². The van der Waals surface area contributed by atoms with Gasteiger partial charge < -0.3 is 20.7 Å². The molecule has 0 saturated carbocycles. The molecule has 1 atom stereocenters. The van der Waals surface area contributed by atoms with Crippen LogP contribution in [0, 0.1) is 0 Å². The first-order valence-corrected chi connectivity index (χ1v) is 14.4. The Labute approximate surface area is 241 Å². The summed E-state index contributed by atoms with van der Waals surface area (Å²) in [6.07, 6.45) is 1.65. The number of carbonyl (C=O) groups excluding carboxylic acids is 3. The molecule has 0 spiro atoms. The van der Waals surface area contributed by atoms with E-state index in [1.54, 1.807) is 60.7 Å². The Balaban J connectivity index is 1.41. The first-order chi connectivity index (χ1) is 19.4. The highest BCUT2D eigenvalue weighted by Gasteiger charge is 2.17. The van der Waals surface area contributed by atoms with Crippen molar-refractivity contribution >= 4 is 58.3 Å². The lowest BCUT2D eigenvalue weighted by molar-refractivity contribution is -0.115. The molecule has 4 aromatic rings. The molecular formula is C31H29N3O4S2.